The average molecular weight is 268 g/mol. The standard InChI is InChI=1S/C12H15NOSe/c1-2-4-12(5-3-1)15-11-8-13-6-9-14-10-7-13/h1-5,8,11H,6-7,9-10H2. The van der Waals surface area contributed by atoms with Crippen molar-refractivity contribution in [3.8, 4) is 0 Å². The Hall–Kier alpha value is -0.761. The van der Waals surface area contributed by atoms with Crippen molar-refractivity contribution >= 4 is 19.4 Å². The summed E-state index contributed by atoms with van der Waals surface area (Å²) in [5.74, 6) is 0. The first-order chi connectivity index (χ1) is 7.45. The van der Waals surface area contributed by atoms with Gasteiger partial charge >= 0.3 is 96.9 Å². The van der Waals surface area contributed by atoms with E-state index >= 15 is 0 Å². The van der Waals surface area contributed by atoms with E-state index in [4.69, 9.17) is 4.74 Å². The van der Waals surface area contributed by atoms with Crippen LogP contribution in [-0.2, 0) is 4.74 Å². The molecule has 0 aliphatic carbocycles. The van der Waals surface area contributed by atoms with E-state index in [2.05, 4.69) is 46.4 Å². The van der Waals surface area contributed by atoms with Gasteiger partial charge in [-0.05, 0) is 0 Å². The Kier molecular flexibility index (Phi) is 4.27. The molecule has 3 heteroatoms. The van der Waals surface area contributed by atoms with E-state index in [1.807, 2.05) is 0 Å². The van der Waals surface area contributed by atoms with Crippen LogP contribution in [0.5, 0.6) is 0 Å². The summed E-state index contributed by atoms with van der Waals surface area (Å²) >= 11 is 0.458. The molecule has 1 heterocycles. The van der Waals surface area contributed by atoms with Gasteiger partial charge in [-0.3, -0.25) is 0 Å². The van der Waals surface area contributed by atoms with Crippen LogP contribution in [0, 0.1) is 0 Å². The minimum atomic E-state index is 0.458. The van der Waals surface area contributed by atoms with Gasteiger partial charge in [0.1, 0.15) is 0 Å². The van der Waals surface area contributed by atoms with E-state index in [9.17, 15) is 0 Å². The van der Waals surface area contributed by atoms with Gasteiger partial charge in [-0.1, -0.05) is 0 Å². The number of morpholine rings is 1. The van der Waals surface area contributed by atoms with Gasteiger partial charge in [-0.25, -0.2) is 0 Å². The van der Waals surface area contributed by atoms with Crippen LogP contribution in [-0.4, -0.2) is 46.2 Å². The fourth-order valence-electron chi connectivity index (χ4n) is 1.42. The summed E-state index contributed by atoms with van der Waals surface area (Å²) in [6.45, 7) is 3.79. The maximum atomic E-state index is 5.29. The van der Waals surface area contributed by atoms with Gasteiger partial charge in [0, 0.05) is 0 Å². The molecule has 1 fully saturated rings. The number of hydrogen-bond acceptors (Lipinski definition) is 2. The van der Waals surface area contributed by atoms with Crippen molar-refractivity contribution in [2.24, 2.45) is 0 Å². The molecule has 0 unspecified atom stereocenters. The number of ether oxygens (including phenoxy) is 1. The number of nitrogens with zero attached hydrogens (tertiary/aromatic N) is 1. The van der Waals surface area contributed by atoms with Gasteiger partial charge in [0.05, 0.1) is 0 Å². The van der Waals surface area contributed by atoms with Crippen LogP contribution in [0.4, 0.5) is 0 Å². The maximum absolute atomic E-state index is 5.29. The molecule has 80 valence electrons. The van der Waals surface area contributed by atoms with Crippen molar-refractivity contribution in [3.63, 3.8) is 0 Å². The zero-order chi connectivity index (χ0) is 10.3. The second kappa shape index (κ2) is 5.96. The van der Waals surface area contributed by atoms with Gasteiger partial charge in [-0.2, -0.15) is 0 Å². The number of hydrogen-bond donors (Lipinski definition) is 0. The first kappa shape index (κ1) is 10.7. The topological polar surface area (TPSA) is 12.5 Å². The second-order valence-electron chi connectivity index (χ2n) is 3.36. The molecule has 1 aliphatic heterocycles. The Labute approximate surface area is 97.1 Å². The van der Waals surface area contributed by atoms with Crippen molar-refractivity contribution in [2.45, 2.75) is 0 Å². The molecule has 2 nitrogen and oxygen atoms in total. The molecule has 2 rings (SSSR count). The van der Waals surface area contributed by atoms with Gasteiger partial charge in [0.2, 0.25) is 0 Å². The first-order valence-electron chi connectivity index (χ1n) is 5.15. The molecule has 0 radical (unpaired) electrons. The van der Waals surface area contributed by atoms with Gasteiger partial charge < -0.3 is 0 Å². The Morgan fingerprint density at radius 3 is 2.60 bits per heavy atom. The third-order valence-corrected chi connectivity index (χ3v) is 3.95. The first-order valence-corrected chi connectivity index (χ1v) is 7.00. The molecule has 1 aliphatic rings. The molecule has 1 saturated heterocycles. The monoisotopic (exact) mass is 269 g/mol. The molecular formula is C12H15NOSe. The van der Waals surface area contributed by atoms with Crippen LogP contribution in [0.1, 0.15) is 0 Å². The number of rotatable bonds is 3. The third-order valence-electron chi connectivity index (χ3n) is 2.26. The van der Waals surface area contributed by atoms with Crippen molar-refractivity contribution < 1.29 is 4.74 Å². The van der Waals surface area contributed by atoms with E-state index in [-0.39, 0.29) is 0 Å². The predicted molar refractivity (Wildman–Crippen MR) is 63.4 cm³/mol. The predicted octanol–water partition coefficient (Wildman–Crippen LogP) is 0.819. The van der Waals surface area contributed by atoms with Crippen LogP contribution >= 0.6 is 0 Å². The summed E-state index contributed by atoms with van der Waals surface area (Å²) in [6, 6.07) is 10.6. The van der Waals surface area contributed by atoms with Gasteiger partial charge in [0.15, 0.2) is 0 Å². The Morgan fingerprint density at radius 2 is 1.87 bits per heavy atom. The van der Waals surface area contributed by atoms with Crippen molar-refractivity contribution in [1.82, 2.24) is 4.90 Å². The molecule has 0 amide bonds. The van der Waals surface area contributed by atoms with Crippen molar-refractivity contribution in [1.29, 1.82) is 0 Å². The molecule has 0 bridgehead atoms. The molecule has 0 saturated carbocycles. The Bertz CT molecular complexity index is 307. The van der Waals surface area contributed by atoms with E-state index in [0.717, 1.165) is 26.3 Å². The molecule has 1 aromatic rings. The normalized spacial score (nSPS) is 17.2. The van der Waals surface area contributed by atoms with Crippen LogP contribution in [0.25, 0.3) is 0 Å². The zero-order valence-corrected chi connectivity index (χ0v) is 10.3. The van der Waals surface area contributed by atoms with Crippen molar-refractivity contribution in [2.75, 3.05) is 26.3 Å². The molecule has 1 aromatic carbocycles. The van der Waals surface area contributed by atoms with Crippen LogP contribution in [0.2, 0.25) is 0 Å². The van der Waals surface area contributed by atoms with E-state index in [1.54, 1.807) is 0 Å². The second-order valence-corrected chi connectivity index (χ2v) is 5.42. The minimum absolute atomic E-state index is 0.458. The quantitative estimate of drug-likeness (QED) is 0.753. The summed E-state index contributed by atoms with van der Waals surface area (Å²) in [6.07, 6.45) is 2.22. The molecule has 0 spiro atoms. The van der Waals surface area contributed by atoms with Crippen molar-refractivity contribution in [3.05, 3.63) is 41.5 Å². The van der Waals surface area contributed by atoms with E-state index in [1.165, 1.54) is 4.46 Å². The van der Waals surface area contributed by atoms with Crippen LogP contribution in [0.3, 0.4) is 0 Å². The third kappa shape index (κ3) is 3.71. The number of benzene rings is 1. The Morgan fingerprint density at radius 1 is 1.13 bits per heavy atom. The van der Waals surface area contributed by atoms with Crippen LogP contribution < -0.4 is 4.46 Å². The summed E-state index contributed by atoms with van der Waals surface area (Å²) in [5, 5.41) is 0. The molecule has 15 heavy (non-hydrogen) atoms. The SMILES string of the molecule is C(=CN1CCOCC1)[Se]c1ccccc1. The van der Waals surface area contributed by atoms with Crippen LogP contribution in [0.15, 0.2) is 41.5 Å². The van der Waals surface area contributed by atoms with E-state index < -0.39 is 0 Å². The summed E-state index contributed by atoms with van der Waals surface area (Å²) in [4.78, 5) is 4.61. The van der Waals surface area contributed by atoms with Gasteiger partial charge in [0.25, 0.3) is 0 Å². The summed E-state index contributed by atoms with van der Waals surface area (Å²) in [5.41, 5.74) is 0. The van der Waals surface area contributed by atoms with E-state index in [0.29, 0.717) is 15.0 Å². The van der Waals surface area contributed by atoms with Gasteiger partial charge in [-0.15, -0.1) is 0 Å². The molecule has 0 aromatic heterocycles. The summed E-state index contributed by atoms with van der Waals surface area (Å²) < 4.78 is 6.72. The summed E-state index contributed by atoms with van der Waals surface area (Å²) in [7, 11) is 0. The molecule has 0 atom stereocenters. The average Bonchev–Trinajstić information content (AvgIpc) is 2.32. The fraction of sp³-hybridized carbons (Fsp3) is 0.333. The fourth-order valence-corrected chi connectivity index (χ4v) is 2.90. The Balaban J connectivity index is 1.79. The molecular weight excluding hydrogens is 253 g/mol. The zero-order valence-electron chi connectivity index (χ0n) is 8.63. The molecule has 0 N–H and O–H groups in total.